The minimum atomic E-state index is -3.66. The van der Waals surface area contributed by atoms with E-state index in [2.05, 4.69) is 15.2 Å². The first-order valence-electron chi connectivity index (χ1n) is 9.26. The number of hydrogen-bond donors (Lipinski definition) is 3. The van der Waals surface area contributed by atoms with Crippen molar-refractivity contribution < 1.29 is 23.0 Å². The molecule has 0 radical (unpaired) electrons. The Morgan fingerprint density at radius 3 is 2.00 bits per heavy atom. The Labute approximate surface area is 181 Å². The Bertz CT molecular complexity index is 1150. The quantitative estimate of drug-likeness (QED) is 0.361. The number of hydrazone groups is 1. The van der Waals surface area contributed by atoms with Gasteiger partial charge in [-0.3, -0.25) is 10.1 Å². The lowest BCUT2D eigenvalue weighted by atomic mass is 10.2. The molecule has 3 rings (SSSR count). The lowest BCUT2D eigenvalue weighted by Gasteiger charge is -2.10. The first kappa shape index (κ1) is 22.0. The average Bonchev–Trinajstić information content (AvgIpc) is 2.76. The van der Waals surface area contributed by atoms with Crippen molar-refractivity contribution in [2.45, 2.75) is 11.8 Å². The van der Waals surface area contributed by atoms with Crippen molar-refractivity contribution >= 4 is 27.6 Å². The van der Waals surface area contributed by atoms with Gasteiger partial charge < -0.3 is 14.6 Å². The maximum Gasteiger partial charge on any atom is 0.261 e. The fourth-order valence-corrected chi connectivity index (χ4v) is 3.77. The van der Waals surface area contributed by atoms with Crippen LogP contribution in [-0.4, -0.2) is 34.0 Å². The van der Waals surface area contributed by atoms with Gasteiger partial charge in [0.25, 0.3) is 10.0 Å². The smallest absolute Gasteiger partial charge is 0.261 e. The molecule has 0 aliphatic rings. The van der Waals surface area contributed by atoms with Crippen molar-refractivity contribution in [2.75, 3.05) is 24.4 Å². The van der Waals surface area contributed by atoms with Gasteiger partial charge in [0.15, 0.2) is 11.5 Å². The molecule has 31 heavy (non-hydrogen) atoms. The van der Waals surface area contributed by atoms with E-state index in [1.807, 2.05) is 6.92 Å². The zero-order chi connectivity index (χ0) is 22.4. The third-order valence-electron chi connectivity index (χ3n) is 4.38. The van der Waals surface area contributed by atoms with E-state index in [1.54, 1.807) is 66.9 Å². The van der Waals surface area contributed by atoms with Gasteiger partial charge >= 0.3 is 0 Å². The highest BCUT2D eigenvalue weighted by Gasteiger charge is 2.13. The molecule has 0 aliphatic heterocycles. The second kappa shape index (κ2) is 9.40. The molecule has 0 amide bonds. The largest absolute Gasteiger partial charge is 0.502 e. The molecule has 8 nitrogen and oxygen atoms in total. The van der Waals surface area contributed by atoms with Gasteiger partial charge in [0.1, 0.15) is 0 Å². The standard InChI is InChI=1S/C22H23N3O5S/c1-15-4-10-19(11-5-15)31(27,28)25-18-8-6-17(7-9-18)24-23-14-16-12-20(29-2)22(26)21(13-16)30-3/h4-14,24-26H,1-3H3/b23-14+. The monoisotopic (exact) mass is 441 g/mol. The number of sulfonamides is 1. The summed E-state index contributed by atoms with van der Waals surface area (Å²) in [4.78, 5) is 0.199. The van der Waals surface area contributed by atoms with Gasteiger partial charge in [-0.05, 0) is 55.5 Å². The van der Waals surface area contributed by atoms with Gasteiger partial charge in [-0.25, -0.2) is 8.42 Å². The molecule has 3 N–H and O–H groups in total. The van der Waals surface area contributed by atoms with Crippen LogP contribution in [0.2, 0.25) is 0 Å². The molecule has 0 bridgehead atoms. The van der Waals surface area contributed by atoms with Gasteiger partial charge in [0.05, 0.1) is 31.0 Å². The molecule has 0 atom stereocenters. The summed E-state index contributed by atoms with van der Waals surface area (Å²) in [5.74, 6) is 0.454. The van der Waals surface area contributed by atoms with E-state index in [4.69, 9.17) is 9.47 Å². The second-order valence-corrected chi connectivity index (χ2v) is 8.32. The van der Waals surface area contributed by atoms with Crippen LogP contribution in [0.15, 0.2) is 70.7 Å². The summed E-state index contributed by atoms with van der Waals surface area (Å²) in [5.41, 5.74) is 5.59. The maximum atomic E-state index is 12.5. The number of phenols is 1. The van der Waals surface area contributed by atoms with Crippen molar-refractivity contribution in [3.63, 3.8) is 0 Å². The first-order chi connectivity index (χ1) is 14.8. The molecule has 0 fully saturated rings. The average molecular weight is 442 g/mol. The summed E-state index contributed by atoms with van der Waals surface area (Å²) in [5, 5.41) is 14.1. The number of benzene rings is 3. The predicted octanol–water partition coefficient (Wildman–Crippen LogP) is 3.96. The summed E-state index contributed by atoms with van der Waals surface area (Å²) < 4.78 is 37.7. The lowest BCUT2D eigenvalue weighted by Crippen LogP contribution is -2.12. The Kier molecular flexibility index (Phi) is 6.66. The van der Waals surface area contributed by atoms with Crippen LogP contribution in [0.3, 0.4) is 0 Å². The van der Waals surface area contributed by atoms with E-state index in [-0.39, 0.29) is 22.1 Å². The van der Waals surface area contributed by atoms with Gasteiger partial charge in [-0.15, -0.1) is 0 Å². The molecule has 162 valence electrons. The fraction of sp³-hybridized carbons (Fsp3) is 0.136. The van der Waals surface area contributed by atoms with Crippen LogP contribution in [0, 0.1) is 6.92 Å². The van der Waals surface area contributed by atoms with Crippen LogP contribution in [0.4, 0.5) is 11.4 Å². The molecule has 0 saturated carbocycles. The molecule has 0 spiro atoms. The van der Waals surface area contributed by atoms with E-state index in [0.717, 1.165) is 5.56 Å². The molecule has 0 saturated heterocycles. The van der Waals surface area contributed by atoms with Gasteiger partial charge in [-0.1, -0.05) is 17.7 Å². The number of nitrogens with one attached hydrogen (secondary N) is 2. The van der Waals surface area contributed by atoms with E-state index >= 15 is 0 Å². The van der Waals surface area contributed by atoms with Crippen LogP contribution in [0.1, 0.15) is 11.1 Å². The van der Waals surface area contributed by atoms with Crippen LogP contribution in [0.5, 0.6) is 17.2 Å². The fourth-order valence-electron chi connectivity index (χ4n) is 2.71. The number of aromatic hydroxyl groups is 1. The number of aryl methyl sites for hydroxylation is 1. The summed E-state index contributed by atoms with van der Waals surface area (Å²) in [6, 6.07) is 16.5. The van der Waals surface area contributed by atoms with Gasteiger partial charge in [0.2, 0.25) is 5.75 Å². The summed E-state index contributed by atoms with van der Waals surface area (Å²) in [7, 11) is -0.763. The zero-order valence-corrected chi connectivity index (χ0v) is 18.1. The van der Waals surface area contributed by atoms with Gasteiger partial charge in [-0.2, -0.15) is 5.10 Å². The number of ether oxygens (including phenoxy) is 2. The molecule has 3 aromatic rings. The number of rotatable bonds is 8. The number of phenolic OH excluding ortho intramolecular Hbond substituents is 1. The van der Waals surface area contributed by atoms with Gasteiger partial charge in [0, 0.05) is 11.3 Å². The second-order valence-electron chi connectivity index (χ2n) is 6.64. The van der Waals surface area contributed by atoms with Crippen molar-refractivity contribution in [3.8, 4) is 17.2 Å². The van der Waals surface area contributed by atoms with Crippen LogP contribution < -0.4 is 19.6 Å². The SMILES string of the molecule is COc1cc(/C=N/Nc2ccc(NS(=O)(=O)c3ccc(C)cc3)cc2)cc(OC)c1O. The molecule has 0 heterocycles. The van der Waals surface area contributed by atoms with E-state index < -0.39 is 10.0 Å². The van der Waals surface area contributed by atoms with Crippen molar-refractivity contribution in [1.82, 2.24) is 0 Å². The number of hydrogen-bond acceptors (Lipinski definition) is 7. The minimum Gasteiger partial charge on any atom is -0.502 e. The highest BCUT2D eigenvalue weighted by atomic mass is 32.2. The van der Waals surface area contributed by atoms with Crippen molar-refractivity contribution in [1.29, 1.82) is 0 Å². The molecule has 0 aliphatic carbocycles. The van der Waals surface area contributed by atoms with E-state index in [9.17, 15) is 13.5 Å². The third kappa shape index (κ3) is 5.46. The summed E-state index contributed by atoms with van der Waals surface area (Å²) >= 11 is 0. The normalized spacial score (nSPS) is 11.3. The number of anilines is 2. The Morgan fingerprint density at radius 2 is 1.45 bits per heavy atom. The third-order valence-corrected chi connectivity index (χ3v) is 5.78. The van der Waals surface area contributed by atoms with Crippen molar-refractivity contribution in [2.24, 2.45) is 5.10 Å². The van der Waals surface area contributed by atoms with Crippen molar-refractivity contribution in [3.05, 3.63) is 71.8 Å². The zero-order valence-electron chi connectivity index (χ0n) is 17.3. The molecule has 0 aromatic heterocycles. The lowest BCUT2D eigenvalue weighted by molar-refractivity contribution is 0.340. The predicted molar refractivity (Wildman–Crippen MR) is 121 cm³/mol. The Balaban J connectivity index is 1.66. The summed E-state index contributed by atoms with van der Waals surface area (Å²) in [6.07, 6.45) is 1.54. The topological polar surface area (TPSA) is 109 Å². The number of nitrogens with zero attached hydrogens (tertiary/aromatic N) is 1. The Morgan fingerprint density at radius 1 is 0.903 bits per heavy atom. The van der Waals surface area contributed by atoms with Crippen LogP contribution in [0.25, 0.3) is 0 Å². The number of methoxy groups -OCH3 is 2. The highest BCUT2D eigenvalue weighted by Crippen LogP contribution is 2.36. The van der Waals surface area contributed by atoms with Crippen LogP contribution >= 0.6 is 0 Å². The molecular weight excluding hydrogens is 418 g/mol. The highest BCUT2D eigenvalue weighted by molar-refractivity contribution is 7.92. The molecular formula is C22H23N3O5S. The first-order valence-corrected chi connectivity index (χ1v) is 10.7. The molecule has 9 heteroatoms. The summed E-state index contributed by atoms with van der Waals surface area (Å²) in [6.45, 7) is 1.90. The van der Waals surface area contributed by atoms with Crippen LogP contribution in [-0.2, 0) is 10.0 Å². The molecule has 0 unspecified atom stereocenters. The molecule has 3 aromatic carbocycles. The van der Waals surface area contributed by atoms with E-state index in [1.165, 1.54) is 14.2 Å². The maximum absolute atomic E-state index is 12.5. The van der Waals surface area contributed by atoms with E-state index in [0.29, 0.717) is 16.9 Å². The minimum absolute atomic E-state index is 0.0845. The Hall–Kier alpha value is -3.72.